The second-order valence-corrected chi connectivity index (χ2v) is 19.5. The molecule has 7 rings (SSSR count). The van der Waals surface area contributed by atoms with Crippen LogP contribution in [0.3, 0.4) is 0 Å². The first kappa shape index (κ1) is 29.1. The first-order valence-corrected chi connectivity index (χ1v) is 19.8. The number of benzene rings is 2. The maximum absolute atomic E-state index is 6.17. The lowest BCUT2D eigenvalue weighted by Gasteiger charge is -2.26. The molecule has 0 unspecified atom stereocenters. The molecule has 0 radical (unpaired) electrons. The molecule has 1 saturated heterocycles. The number of hydrogen-bond donors (Lipinski definition) is 1. The normalized spacial score (nSPS) is 14.8. The van der Waals surface area contributed by atoms with Crippen molar-refractivity contribution in [2.45, 2.75) is 39.0 Å². The van der Waals surface area contributed by atoms with Crippen LogP contribution in [-0.4, -0.2) is 76.7 Å². The van der Waals surface area contributed by atoms with E-state index in [-0.39, 0.29) is 5.95 Å². The molecular weight excluding hydrogens is 587 g/mol. The van der Waals surface area contributed by atoms with Gasteiger partial charge in [-0.1, -0.05) is 37.8 Å². The highest BCUT2D eigenvalue weighted by atomic mass is 32.1. The number of nitrogens with zero attached hydrogens (tertiary/aromatic N) is 6. The number of morpholine rings is 1. The topological polar surface area (TPSA) is 96.2 Å². The van der Waals surface area contributed by atoms with Crippen LogP contribution < -0.4 is 5.73 Å². The van der Waals surface area contributed by atoms with Gasteiger partial charge in [-0.05, 0) is 41.3 Å². The van der Waals surface area contributed by atoms with E-state index in [9.17, 15) is 0 Å². The van der Waals surface area contributed by atoms with Gasteiger partial charge in [0, 0.05) is 73.1 Å². The highest BCUT2D eigenvalue weighted by Crippen LogP contribution is 2.41. The van der Waals surface area contributed by atoms with Crippen molar-refractivity contribution in [3.05, 3.63) is 61.1 Å². The summed E-state index contributed by atoms with van der Waals surface area (Å²) in [5.41, 5.74) is 12.3. The minimum atomic E-state index is -1.18. The Morgan fingerprint density at radius 3 is 2.66 bits per heavy atom. The van der Waals surface area contributed by atoms with Crippen LogP contribution in [0.4, 0.5) is 5.95 Å². The van der Waals surface area contributed by atoms with E-state index < -0.39 is 8.07 Å². The standard InChI is InChI=1S/C33H39N7O2SSi/c1-44(2,3)15-14-42-22-40-32-25(19-36-40)16-24(17-26(32)30-18-23-6-4-5-7-29(23)43-30)27-21-39(9-8-38-10-12-41-13-11-38)28-20-35-33(34)37-31(27)28/h4-7,16-21H,8-15,22H2,1-3H3,(H2,34,35,37). The van der Waals surface area contributed by atoms with Gasteiger partial charge in [-0.2, -0.15) is 5.10 Å². The molecule has 9 nitrogen and oxygen atoms in total. The van der Waals surface area contributed by atoms with Crippen LogP contribution in [0.1, 0.15) is 0 Å². The highest BCUT2D eigenvalue weighted by molar-refractivity contribution is 7.22. The minimum absolute atomic E-state index is 0.277. The molecule has 1 aliphatic heterocycles. The van der Waals surface area contributed by atoms with Gasteiger partial charge in [0.15, 0.2) is 0 Å². The van der Waals surface area contributed by atoms with E-state index >= 15 is 0 Å². The van der Waals surface area contributed by atoms with E-state index in [1.807, 2.05) is 17.1 Å². The van der Waals surface area contributed by atoms with Crippen molar-refractivity contribution in [1.29, 1.82) is 0 Å². The number of aromatic nitrogens is 5. The van der Waals surface area contributed by atoms with Gasteiger partial charge in [0.25, 0.3) is 0 Å². The summed E-state index contributed by atoms with van der Waals surface area (Å²) < 4.78 is 17.3. The Bertz CT molecular complexity index is 1900. The van der Waals surface area contributed by atoms with Crippen molar-refractivity contribution in [3.63, 3.8) is 0 Å². The maximum Gasteiger partial charge on any atom is 0.220 e. The monoisotopic (exact) mass is 625 g/mol. The van der Waals surface area contributed by atoms with Gasteiger partial charge in [-0.3, -0.25) is 4.90 Å². The summed E-state index contributed by atoms with van der Waals surface area (Å²) in [5, 5.41) is 7.12. The van der Waals surface area contributed by atoms with E-state index in [1.54, 1.807) is 11.3 Å². The minimum Gasteiger partial charge on any atom is -0.379 e. The van der Waals surface area contributed by atoms with Gasteiger partial charge >= 0.3 is 0 Å². The largest absolute Gasteiger partial charge is 0.379 e. The molecule has 6 aromatic rings. The fourth-order valence-corrected chi connectivity index (χ4v) is 7.71. The molecule has 0 spiro atoms. The molecule has 2 N–H and O–H groups in total. The van der Waals surface area contributed by atoms with Gasteiger partial charge in [-0.15, -0.1) is 11.3 Å². The molecule has 0 bridgehead atoms. The molecule has 11 heteroatoms. The van der Waals surface area contributed by atoms with Crippen LogP contribution in [0.15, 0.2) is 61.1 Å². The third kappa shape index (κ3) is 6.02. The van der Waals surface area contributed by atoms with E-state index in [2.05, 4.69) is 82.8 Å². The SMILES string of the molecule is C[Si](C)(C)CCOCn1ncc2cc(-c3cn(CCN4CCOCC4)c4cnc(N)nc34)cc(-c3cc4ccccc4s3)c21. The molecule has 1 fully saturated rings. The Hall–Kier alpha value is -3.61. The maximum atomic E-state index is 6.17. The summed E-state index contributed by atoms with van der Waals surface area (Å²) in [4.78, 5) is 12.7. The number of hydrogen-bond acceptors (Lipinski definition) is 8. The fraction of sp³-hybridized carbons (Fsp3) is 0.364. The lowest BCUT2D eigenvalue weighted by atomic mass is 10.0. The first-order chi connectivity index (χ1) is 21.3. The van der Waals surface area contributed by atoms with Gasteiger partial charge in [0.05, 0.1) is 36.6 Å². The second-order valence-electron chi connectivity index (χ2n) is 12.8. The van der Waals surface area contributed by atoms with E-state index in [0.29, 0.717) is 6.73 Å². The third-order valence-electron chi connectivity index (χ3n) is 8.34. The summed E-state index contributed by atoms with van der Waals surface area (Å²) in [7, 11) is -1.18. The molecular formula is C33H39N7O2SSi. The number of ether oxygens (including phenoxy) is 2. The zero-order chi connectivity index (χ0) is 30.3. The second kappa shape index (κ2) is 12.1. The van der Waals surface area contributed by atoms with Gasteiger partial charge < -0.3 is 19.8 Å². The quantitative estimate of drug-likeness (QED) is 0.136. The molecule has 2 aromatic carbocycles. The van der Waals surface area contributed by atoms with Crippen LogP contribution >= 0.6 is 11.3 Å². The Morgan fingerprint density at radius 1 is 1.00 bits per heavy atom. The molecule has 0 aliphatic carbocycles. The van der Waals surface area contributed by atoms with Crippen LogP contribution in [0.5, 0.6) is 0 Å². The Balaban J connectivity index is 1.32. The van der Waals surface area contributed by atoms with Gasteiger partial charge in [0.1, 0.15) is 12.2 Å². The summed E-state index contributed by atoms with van der Waals surface area (Å²) in [5.74, 6) is 0.277. The molecule has 5 heterocycles. The van der Waals surface area contributed by atoms with E-state index in [4.69, 9.17) is 25.3 Å². The average Bonchev–Trinajstić information content (AvgIpc) is 3.73. The molecule has 1 aliphatic rings. The molecule has 228 valence electrons. The number of anilines is 1. The predicted molar refractivity (Wildman–Crippen MR) is 183 cm³/mol. The number of fused-ring (bicyclic) bond motifs is 3. The predicted octanol–water partition coefficient (Wildman–Crippen LogP) is 6.56. The van der Waals surface area contributed by atoms with Gasteiger partial charge in [-0.25, -0.2) is 14.6 Å². The lowest BCUT2D eigenvalue weighted by Crippen LogP contribution is -2.38. The Labute approximate surface area is 262 Å². The summed E-state index contributed by atoms with van der Waals surface area (Å²) in [6, 6.07) is 16.5. The lowest BCUT2D eigenvalue weighted by molar-refractivity contribution is 0.0365. The van der Waals surface area contributed by atoms with Crippen molar-refractivity contribution < 1.29 is 9.47 Å². The van der Waals surface area contributed by atoms with Crippen molar-refractivity contribution in [3.8, 4) is 21.6 Å². The van der Waals surface area contributed by atoms with Crippen LogP contribution in [0.25, 0.3) is 53.6 Å². The fourth-order valence-electron chi connectivity index (χ4n) is 5.87. The van der Waals surface area contributed by atoms with Crippen molar-refractivity contribution in [1.82, 2.24) is 29.2 Å². The number of rotatable bonds is 10. The van der Waals surface area contributed by atoms with Crippen LogP contribution in [0.2, 0.25) is 25.7 Å². The van der Waals surface area contributed by atoms with Gasteiger partial charge in [0.2, 0.25) is 5.95 Å². The van der Waals surface area contributed by atoms with Crippen LogP contribution in [0, 0.1) is 0 Å². The molecule has 0 atom stereocenters. The molecule has 0 amide bonds. The molecule has 4 aromatic heterocycles. The molecule has 0 saturated carbocycles. The zero-order valence-corrected chi connectivity index (χ0v) is 27.4. The summed E-state index contributed by atoms with van der Waals surface area (Å²) >= 11 is 1.81. The summed E-state index contributed by atoms with van der Waals surface area (Å²) in [6.45, 7) is 13.6. The highest BCUT2D eigenvalue weighted by Gasteiger charge is 2.20. The van der Waals surface area contributed by atoms with E-state index in [0.717, 1.165) is 90.7 Å². The first-order valence-electron chi connectivity index (χ1n) is 15.3. The number of nitrogens with two attached hydrogens (primary N) is 1. The molecule has 44 heavy (non-hydrogen) atoms. The smallest absolute Gasteiger partial charge is 0.220 e. The number of nitrogen functional groups attached to an aromatic ring is 1. The van der Waals surface area contributed by atoms with Crippen molar-refractivity contribution >= 4 is 57.4 Å². The zero-order valence-electron chi connectivity index (χ0n) is 25.6. The third-order valence-corrected chi connectivity index (χ3v) is 11.2. The van der Waals surface area contributed by atoms with Crippen LogP contribution in [-0.2, 0) is 22.7 Å². The van der Waals surface area contributed by atoms with Crippen molar-refractivity contribution in [2.24, 2.45) is 0 Å². The van der Waals surface area contributed by atoms with E-state index in [1.165, 1.54) is 15.0 Å². The number of thiophene rings is 1. The summed E-state index contributed by atoms with van der Waals surface area (Å²) in [6.07, 6.45) is 6.01. The Morgan fingerprint density at radius 2 is 1.84 bits per heavy atom. The van der Waals surface area contributed by atoms with Crippen molar-refractivity contribution in [2.75, 3.05) is 45.2 Å². The Kier molecular flexibility index (Phi) is 7.98. The average molecular weight is 626 g/mol.